The van der Waals surface area contributed by atoms with Gasteiger partial charge in [0.25, 0.3) is 0 Å². The second-order valence-corrected chi connectivity index (χ2v) is 5.24. The lowest BCUT2D eigenvalue weighted by Gasteiger charge is -2.29. The summed E-state index contributed by atoms with van der Waals surface area (Å²) in [4.78, 5) is 0. The summed E-state index contributed by atoms with van der Waals surface area (Å²) in [6.45, 7) is 6.42. The molecule has 0 aromatic carbocycles. The fourth-order valence-electron chi connectivity index (χ4n) is 1.08. The molecule has 4 nitrogen and oxygen atoms in total. The zero-order chi connectivity index (χ0) is 14.6. The lowest BCUT2D eigenvalue weighted by Crippen LogP contribution is -2.54. The highest BCUT2D eigenvalue weighted by Gasteiger charge is 2.20. The van der Waals surface area contributed by atoms with E-state index in [2.05, 4.69) is 62.4 Å². The van der Waals surface area contributed by atoms with E-state index < -0.39 is 0 Å². The monoisotopic (exact) mass is 314 g/mol. The number of thiol groups is 3. The Morgan fingerprint density at radius 1 is 1.22 bits per heavy atom. The van der Waals surface area contributed by atoms with Crippen LogP contribution in [0.25, 0.3) is 0 Å². The molecule has 0 aliphatic carbocycles. The van der Waals surface area contributed by atoms with Crippen LogP contribution in [0.5, 0.6) is 0 Å². The van der Waals surface area contributed by atoms with Gasteiger partial charge in [-0.1, -0.05) is 0 Å². The van der Waals surface area contributed by atoms with Gasteiger partial charge in [0, 0.05) is 48.8 Å². The van der Waals surface area contributed by atoms with Gasteiger partial charge in [0.2, 0.25) is 0 Å². The molecule has 0 aromatic rings. The highest BCUT2D eigenvalue weighted by Crippen LogP contribution is 2.03. The van der Waals surface area contributed by atoms with Crippen LogP contribution >= 0.6 is 37.9 Å². The van der Waals surface area contributed by atoms with Crippen LogP contribution in [-0.2, 0) is 0 Å². The minimum Gasteiger partial charge on any atom is -0.329 e. The van der Waals surface area contributed by atoms with Crippen molar-refractivity contribution >= 4 is 37.9 Å². The molecular weight excluding hydrogens is 284 g/mol. The Balaban J connectivity index is 0. The quantitative estimate of drug-likeness (QED) is 0.306. The van der Waals surface area contributed by atoms with Crippen LogP contribution < -0.4 is 22.1 Å². The van der Waals surface area contributed by atoms with Crippen LogP contribution in [0.15, 0.2) is 0 Å². The van der Waals surface area contributed by atoms with Gasteiger partial charge in [-0.15, -0.1) is 0 Å². The zero-order valence-corrected chi connectivity index (χ0v) is 14.4. The summed E-state index contributed by atoms with van der Waals surface area (Å²) in [6.07, 6.45) is 1.69. The zero-order valence-electron chi connectivity index (χ0n) is 11.7. The summed E-state index contributed by atoms with van der Waals surface area (Å²) in [5.74, 6) is 1.43. The first-order valence-corrected chi connectivity index (χ1v) is 8.24. The Kier molecular flexibility index (Phi) is 15.2. The summed E-state index contributed by atoms with van der Waals surface area (Å²) in [7, 11) is 0. The summed E-state index contributed by atoms with van der Waals surface area (Å²) in [5.41, 5.74) is 11.4. The second kappa shape index (κ2) is 12.9. The first kappa shape index (κ1) is 21.2. The van der Waals surface area contributed by atoms with Crippen molar-refractivity contribution in [2.24, 2.45) is 11.5 Å². The van der Waals surface area contributed by atoms with Crippen molar-refractivity contribution in [3.63, 3.8) is 0 Å². The van der Waals surface area contributed by atoms with E-state index in [-0.39, 0.29) is 11.6 Å². The molecule has 0 fully saturated rings. The predicted molar refractivity (Wildman–Crippen MR) is 93.5 cm³/mol. The van der Waals surface area contributed by atoms with Gasteiger partial charge in [-0.3, -0.25) is 0 Å². The molecule has 0 radical (unpaired) electrons. The average Bonchev–Trinajstić information content (AvgIpc) is 2.44. The third-order valence-corrected chi connectivity index (χ3v) is 3.76. The van der Waals surface area contributed by atoms with Gasteiger partial charge in [-0.25, -0.2) is 0 Å². The maximum atomic E-state index is 5.76. The Labute approximate surface area is 129 Å². The van der Waals surface area contributed by atoms with E-state index in [1.165, 1.54) is 0 Å². The lowest BCUT2D eigenvalue weighted by molar-refractivity contribution is 0.373. The highest BCUT2D eigenvalue weighted by atomic mass is 32.1. The van der Waals surface area contributed by atoms with Gasteiger partial charge >= 0.3 is 0 Å². The van der Waals surface area contributed by atoms with Crippen LogP contribution in [-0.4, -0.2) is 55.0 Å². The molecular formula is C11H30N4S3. The molecule has 3 atom stereocenters. The first-order chi connectivity index (χ1) is 8.47. The van der Waals surface area contributed by atoms with Gasteiger partial charge in [-0.2, -0.15) is 37.9 Å². The maximum Gasteiger partial charge on any atom is 0.0364 e. The van der Waals surface area contributed by atoms with Crippen molar-refractivity contribution in [1.82, 2.24) is 10.6 Å². The molecule has 0 heterocycles. The normalized spacial score (nSPS) is 17.3. The smallest absolute Gasteiger partial charge is 0.0364 e. The number of rotatable bonds is 9. The van der Waals surface area contributed by atoms with Gasteiger partial charge in [0.15, 0.2) is 0 Å². The summed E-state index contributed by atoms with van der Waals surface area (Å²) in [6, 6.07) is 0.466. The van der Waals surface area contributed by atoms with Crippen LogP contribution in [0.4, 0.5) is 0 Å². The molecule has 0 rings (SSSR count). The number of nitrogens with one attached hydrogen (secondary N) is 2. The fourth-order valence-corrected chi connectivity index (χ4v) is 1.45. The molecule has 0 bridgehead atoms. The first-order valence-electron chi connectivity index (χ1n) is 6.08. The third kappa shape index (κ3) is 10.8. The molecule has 18 heavy (non-hydrogen) atoms. The molecule has 0 aliphatic heterocycles. The maximum absolute atomic E-state index is 5.76. The minimum absolute atomic E-state index is 0.0925. The summed E-state index contributed by atoms with van der Waals surface area (Å²) in [5, 5.41) is 6.77. The SMILES string of the molecule is CC(CNC(C)(CN)CS)NCC(N)CS.CS. The summed E-state index contributed by atoms with van der Waals surface area (Å²) < 4.78 is 0. The molecule has 0 saturated heterocycles. The van der Waals surface area contributed by atoms with Gasteiger partial charge < -0.3 is 22.1 Å². The van der Waals surface area contributed by atoms with Crippen LogP contribution in [0.1, 0.15) is 13.8 Å². The lowest BCUT2D eigenvalue weighted by atomic mass is 10.1. The van der Waals surface area contributed by atoms with E-state index in [4.69, 9.17) is 11.5 Å². The minimum atomic E-state index is -0.0925. The van der Waals surface area contributed by atoms with Crippen molar-refractivity contribution in [3.8, 4) is 0 Å². The summed E-state index contributed by atoms with van der Waals surface area (Å²) >= 11 is 12.0. The van der Waals surface area contributed by atoms with Crippen molar-refractivity contribution in [1.29, 1.82) is 0 Å². The van der Waals surface area contributed by atoms with Crippen LogP contribution in [0.3, 0.4) is 0 Å². The Hall–Kier alpha value is 0.890. The molecule has 0 saturated carbocycles. The largest absolute Gasteiger partial charge is 0.329 e. The molecule has 0 spiro atoms. The number of hydrogen-bond acceptors (Lipinski definition) is 7. The third-order valence-electron chi connectivity index (χ3n) is 2.60. The van der Waals surface area contributed by atoms with Crippen molar-refractivity contribution in [3.05, 3.63) is 0 Å². The second-order valence-electron chi connectivity index (χ2n) is 4.56. The standard InChI is InChI=1S/C10H26N4S2.CH4S/c1-8(13-4-9(12)5-15)3-14-10(2,6-11)7-16;1-2/h8-9,13-16H,3-7,11-12H2,1-2H3;2H,1H3. The van der Waals surface area contributed by atoms with E-state index in [0.717, 1.165) is 18.8 Å². The number of nitrogens with two attached hydrogens (primary N) is 2. The molecule has 112 valence electrons. The topological polar surface area (TPSA) is 76.1 Å². The fraction of sp³-hybridized carbons (Fsp3) is 1.00. The van der Waals surface area contributed by atoms with Gasteiger partial charge in [-0.05, 0) is 20.1 Å². The van der Waals surface area contributed by atoms with Crippen molar-refractivity contribution in [2.75, 3.05) is 37.4 Å². The van der Waals surface area contributed by atoms with Gasteiger partial charge in [0.05, 0.1) is 0 Å². The van der Waals surface area contributed by atoms with E-state index in [9.17, 15) is 0 Å². The van der Waals surface area contributed by atoms with E-state index in [1.807, 2.05) is 0 Å². The van der Waals surface area contributed by atoms with E-state index in [0.29, 0.717) is 18.3 Å². The van der Waals surface area contributed by atoms with E-state index in [1.54, 1.807) is 6.26 Å². The molecule has 6 N–H and O–H groups in total. The average molecular weight is 315 g/mol. The Bertz CT molecular complexity index is 180. The molecule has 0 aliphatic rings. The number of hydrogen-bond donors (Lipinski definition) is 7. The Morgan fingerprint density at radius 2 is 1.78 bits per heavy atom. The van der Waals surface area contributed by atoms with E-state index >= 15 is 0 Å². The van der Waals surface area contributed by atoms with Crippen LogP contribution in [0, 0.1) is 0 Å². The van der Waals surface area contributed by atoms with Crippen molar-refractivity contribution < 1.29 is 0 Å². The van der Waals surface area contributed by atoms with Crippen molar-refractivity contribution in [2.45, 2.75) is 31.5 Å². The molecule has 3 unspecified atom stereocenters. The predicted octanol–water partition coefficient (Wildman–Crippen LogP) is 0.00440. The van der Waals surface area contributed by atoms with Gasteiger partial charge in [0.1, 0.15) is 0 Å². The van der Waals surface area contributed by atoms with Crippen LogP contribution in [0.2, 0.25) is 0 Å². The molecule has 0 amide bonds. The molecule has 0 aromatic heterocycles. The Morgan fingerprint density at radius 3 is 2.17 bits per heavy atom. The molecule has 7 heteroatoms. The highest BCUT2D eigenvalue weighted by molar-refractivity contribution is 7.80.